The summed E-state index contributed by atoms with van der Waals surface area (Å²) in [5.74, 6) is 2.10. The molecule has 1 aromatic heterocycles. The molecular formula is C18H22N2O2S2. The first-order valence-corrected chi connectivity index (χ1v) is 10.1. The molecule has 0 saturated heterocycles. The Hall–Kier alpha value is -1.62. The van der Waals surface area contributed by atoms with Gasteiger partial charge in [0, 0.05) is 34.7 Å². The van der Waals surface area contributed by atoms with Crippen molar-refractivity contribution >= 4 is 39.1 Å². The maximum absolute atomic E-state index is 12.0. The van der Waals surface area contributed by atoms with Gasteiger partial charge < -0.3 is 4.74 Å². The SMILES string of the molecule is O=S(CCCCCCN=C=S)CCOc1ccnc2ccccc12. The van der Waals surface area contributed by atoms with Crippen LogP contribution in [0, 0.1) is 0 Å². The molecule has 0 aliphatic heterocycles. The van der Waals surface area contributed by atoms with Crippen LogP contribution < -0.4 is 4.74 Å². The lowest BCUT2D eigenvalue weighted by Gasteiger charge is -2.08. The maximum Gasteiger partial charge on any atom is 0.130 e. The van der Waals surface area contributed by atoms with Gasteiger partial charge in [0.2, 0.25) is 0 Å². The van der Waals surface area contributed by atoms with Crippen LogP contribution in [0.4, 0.5) is 0 Å². The molecule has 24 heavy (non-hydrogen) atoms. The minimum atomic E-state index is -0.829. The molecule has 6 heteroatoms. The van der Waals surface area contributed by atoms with Crippen LogP contribution in [0.5, 0.6) is 5.75 Å². The van der Waals surface area contributed by atoms with Crippen molar-refractivity contribution in [3.8, 4) is 5.75 Å². The number of ether oxygens (including phenoxy) is 1. The van der Waals surface area contributed by atoms with Crippen molar-refractivity contribution in [1.29, 1.82) is 0 Å². The molecular weight excluding hydrogens is 340 g/mol. The average molecular weight is 363 g/mol. The normalized spacial score (nSPS) is 11.8. The van der Waals surface area contributed by atoms with Gasteiger partial charge in [0.25, 0.3) is 0 Å². The topological polar surface area (TPSA) is 51.5 Å². The highest BCUT2D eigenvalue weighted by Gasteiger charge is 2.04. The lowest BCUT2D eigenvalue weighted by molar-refractivity contribution is 0.346. The molecule has 0 amide bonds. The predicted octanol–water partition coefficient (Wildman–Crippen LogP) is 4.03. The first-order chi connectivity index (χ1) is 11.8. The van der Waals surface area contributed by atoms with Gasteiger partial charge in [0.05, 0.1) is 23.0 Å². The zero-order valence-electron chi connectivity index (χ0n) is 13.6. The molecule has 0 fully saturated rings. The zero-order valence-corrected chi connectivity index (χ0v) is 15.3. The van der Waals surface area contributed by atoms with Crippen molar-refractivity contribution < 1.29 is 8.95 Å². The number of thiocarbonyl (C=S) groups is 1. The van der Waals surface area contributed by atoms with E-state index in [1.165, 1.54) is 0 Å². The molecule has 128 valence electrons. The van der Waals surface area contributed by atoms with Crippen molar-refractivity contribution in [2.24, 2.45) is 4.99 Å². The highest BCUT2D eigenvalue weighted by atomic mass is 32.2. The molecule has 0 saturated carbocycles. The summed E-state index contributed by atoms with van der Waals surface area (Å²) >= 11 is 4.52. The molecule has 0 radical (unpaired) electrons. The first kappa shape index (κ1) is 18.7. The number of isothiocyanates is 1. The van der Waals surface area contributed by atoms with Crippen LogP contribution in [0.3, 0.4) is 0 Å². The van der Waals surface area contributed by atoms with Crippen molar-refractivity contribution in [1.82, 2.24) is 4.98 Å². The fraction of sp³-hybridized carbons (Fsp3) is 0.444. The largest absolute Gasteiger partial charge is 0.492 e. The third-order valence-electron chi connectivity index (χ3n) is 3.63. The van der Waals surface area contributed by atoms with E-state index in [0.29, 0.717) is 12.4 Å². The van der Waals surface area contributed by atoms with Crippen molar-refractivity contribution in [2.75, 3.05) is 24.7 Å². The summed E-state index contributed by atoms with van der Waals surface area (Å²) in [7, 11) is -0.829. The molecule has 1 unspecified atom stereocenters. The second-order valence-electron chi connectivity index (χ2n) is 5.41. The second kappa shape index (κ2) is 11.0. The van der Waals surface area contributed by atoms with E-state index in [2.05, 4.69) is 27.4 Å². The van der Waals surface area contributed by atoms with E-state index in [0.717, 1.165) is 54.6 Å². The van der Waals surface area contributed by atoms with Crippen LogP contribution in [0.2, 0.25) is 0 Å². The molecule has 1 atom stereocenters. The van der Waals surface area contributed by atoms with Crippen LogP contribution >= 0.6 is 12.2 Å². The minimum absolute atomic E-state index is 0.462. The third-order valence-corrected chi connectivity index (χ3v) is 5.13. The van der Waals surface area contributed by atoms with Crippen molar-refractivity contribution in [3.63, 3.8) is 0 Å². The Labute approximate surface area is 150 Å². The molecule has 4 nitrogen and oxygen atoms in total. The summed E-state index contributed by atoms with van der Waals surface area (Å²) in [6.07, 6.45) is 5.91. The monoisotopic (exact) mass is 362 g/mol. The average Bonchev–Trinajstić information content (AvgIpc) is 2.61. The Morgan fingerprint density at radius 1 is 1.12 bits per heavy atom. The number of hydrogen-bond acceptors (Lipinski definition) is 5. The third kappa shape index (κ3) is 6.48. The molecule has 0 aliphatic carbocycles. The lowest BCUT2D eigenvalue weighted by Crippen LogP contribution is -2.11. The van der Waals surface area contributed by atoms with Gasteiger partial charge >= 0.3 is 0 Å². The van der Waals surface area contributed by atoms with Gasteiger partial charge in [-0.05, 0) is 43.3 Å². The number of benzene rings is 1. The molecule has 0 aliphatic rings. The number of aliphatic imine (C=N–C) groups is 1. The van der Waals surface area contributed by atoms with E-state index < -0.39 is 10.8 Å². The van der Waals surface area contributed by atoms with Gasteiger partial charge in [-0.1, -0.05) is 25.0 Å². The zero-order chi connectivity index (χ0) is 17.0. The molecule has 1 heterocycles. The van der Waals surface area contributed by atoms with E-state index in [-0.39, 0.29) is 0 Å². The number of unbranched alkanes of at least 4 members (excludes halogenated alkanes) is 3. The van der Waals surface area contributed by atoms with Gasteiger partial charge in [0.15, 0.2) is 0 Å². The summed E-state index contributed by atoms with van der Waals surface area (Å²) in [6.45, 7) is 1.21. The number of pyridine rings is 1. The van der Waals surface area contributed by atoms with E-state index in [1.807, 2.05) is 30.3 Å². The van der Waals surface area contributed by atoms with Crippen LogP contribution in [0.25, 0.3) is 10.9 Å². The minimum Gasteiger partial charge on any atom is -0.492 e. The van der Waals surface area contributed by atoms with Crippen LogP contribution in [0.1, 0.15) is 25.7 Å². The van der Waals surface area contributed by atoms with E-state index >= 15 is 0 Å². The standard InChI is InChI=1S/C18H22N2O2S2/c21-24(13-6-2-1-5-10-19-15-23)14-12-22-18-9-11-20-17-8-4-3-7-16(17)18/h3-4,7-9,11H,1-2,5-6,10,12-14H2. The highest BCUT2D eigenvalue weighted by Crippen LogP contribution is 2.23. The summed E-state index contributed by atoms with van der Waals surface area (Å²) in [5.41, 5.74) is 0.911. The van der Waals surface area contributed by atoms with Crippen LogP contribution in [-0.4, -0.2) is 39.0 Å². The molecule has 2 rings (SSSR count). The number of aromatic nitrogens is 1. The fourth-order valence-electron chi connectivity index (χ4n) is 2.40. The quantitative estimate of drug-likeness (QED) is 0.344. The van der Waals surface area contributed by atoms with Crippen LogP contribution in [-0.2, 0) is 10.8 Å². The Kier molecular flexibility index (Phi) is 8.60. The number of para-hydroxylation sites is 1. The Morgan fingerprint density at radius 2 is 1.96 bits per heavy atom. The Bertz CT molecular complexity index is 710. The summed E-state index contributed by atoms with van der Waals surface area (Å²) < 4.78 is 17.8. The first-order valence-electron chi connectivity index (χ1n) is 8.16. The van der Waals surface area contributed by atoms with E-state index in [9.17, 15) is 4.21 Å². The lowest BCUT2D eigenvalue weighted by atomic mass is 10.2. The fourth-order valence-corrected chi connectivity index (χ4v) is 3.49. The van der Waals surface area contributed by atoms with Crippen molar-refractivity contribution in [3.05, 3.63) is 36.5 Å². The Morgan fingerprint density at radius 3 is 2.83 bits per heavy atom. The van der Waals surface area contributed by atoms with Gasteiger partial charge in [-0.15, -0.1) is 0 Å². The summed E-state index contributed by atoms with van der Waals surface area (Å²) in [6, 6.07) is 9.72. The van der Waals surface area contributed by atoms with E-state index in [4.69, 9.17) is 4.74 Å². The van der Waals surface area contributed by atoms with Gasteiger partial charge in [0.1, 0.15) is 5.75 Å². The number of fused-ring (bicyclic) bond motifs is 1. The molecule has 0 spiro atoms. The highest BCUT2D eigenvalue weighted by molar-refractivity contribution is 7.84. The smallest absolute Gasteiger partial charge is 0.130 e. The number of hydrogen-bond donors (Lipinski definition) is 0. The molecule has 0 bridgehead atoms. The van der Waals surface area contributed by atoms with Gasteiger partial charge in [-0.3, -0.25) is 9.19 Å². The predicted molar refractivity (Wildman–Crippen MR) is 103 cm³/mol. The number of nitrogens with zero attached hydrogens (tertiary/aromatic N) is 2. The number of rotatable bonds is 11. The van der Waals surface area contributed by atoms with E-state index in [1.54, 1.807) is 6.20 Å². The summed E-state index contributed by atoms with van der Waals surface area (Å²) in [5, 5.41) is 3.36. The molecule has 0 N–H and O–H groups in total. The maximum atomic E-state index is 12.0. The molecule has 2 aromatic rings. The summed E-state index contributed by atoms with van der Waals surface area (Å²) in [4.78, 5) is 8.18. The van der Waals surface area contributed by atoms with Crippen LogP contribution in [0.15, 0.2) is 41.5 Å². The molecule has 1 aromatic carbocycles. The van der Waals surface area contributed by atoms with Gasteiger partial charge in [-0.25, -0.2) is 4.99 Å². The van der Waals surface area contributed by atoms with Crippen molar-refractivity contribution in [2.45, 2.75) is 25.7 Å². The second-order valence-corrected chi connectivity index (χ2v) is 7.29. The Balaban J connectivity index is 1.64. The van der Waals surface area contributed by atoms with Gasteiger partial charge in [-0.2, -0.15) is 0 Å².